The average Bonchev–Trinajstić information content (AvgIpc) is 2.28. The van der Waals surface area contributed by atoms with Gasteiger partial charge in [0.05, 0.1) is 5.41 Å². The predicted molar refractivity (Wildman–Crippen MR) is 56.8 cm³/mol. The summed E-state index contributed by atoms with van der Waals surface area (Å²) in [5, 5.41) is 11.8. The van der Waals surface area contributed by atoms with Gasteiger partial charge in [-0.25, -0.2) is 0 Å². The lowest BCUT2D eigenvalue weighted by molar-refractivity contribution is -0.154. The van der Waals surface area contributed by atoms with E-state index in [0.717, 1.165) is 0 Å². The minimum Gasteiger partial charge on any atom is -0.481 e. The zero-order valence-electron chi connectivity index (χ0n) is 9.20. The molecule has 1 fully saturated rings. The van der Waals surface area contributed by atoms with Crippen LogP contribution in [0.5, 0.6) is 0 Å². The molecule has 92 valence electrons. The molecule has 0 radical (unpaired) electrons. The van der Waals surface area contributed by atoms with E-state index < -0.39 is 11.4 Å². The van der Waals surface area contributed by atoms with Gasteiger partial charge in [-0.1, -0.05) is 0 Å². The average molecular weight is 230 g/mol. The van der Waals surface area contributed by atoms with E-state index in [0.29, 0.717) is 26.1 Å². The molecule has 0 atom stereocenters. The number of hydrogen-bond acceptors (Lipinski definition) is 4. The summed E-state index contributed by atoms with van der Waals surface area (Å²) in [5.41, 5.74) is 4.36. The third kappa shape index (κ3) is 3.18. The summed E-state index contributed by atoms with van der Waals surface area (Å²) < 4.78 is 5.13. The third-order valence-corrected chi connectivity index (χ3v) is 2.90. The van der Waals surface area contributed by atoms with Gasteiger partial charge in [-0.05, 0) is 12.8 Å². The number of amides is 1. The number of hydrogen-bond donors (Lipinski definition) is 3. The number of rotatable bonds is 5. The first-order chi connectivity index (χ1) is 7.60. The van der Waals surface area contributed by atoms with Crippen molar-refractivity contribution in [2.24, 2.45) is 11.1 Å². The molecular formula is C10H18N2O4. The van der Waals surface area contributed by atoms with Crippen molar-refractivity contribution >= 4 is 11.9 Å². The van der Waals surface area contributed by atoms with Crippen molar-refractivity contribution in [3.63, 3.8) is 0 Å². The first-order valence-corrected chi connectivity index (χ1v) is 5.39. The molecule has 1 rings (SSSR count). The van der Waals surface area contributed by atoms with Crippen LogP contribution in [0.2, 0.25) is 0 Å². The van der Waals surface area contributed by atoms with Crippen LogP contribution >= 0.6 is 0 Å². The van der Waals surface area contributed by atoms with Crippen molar-refractivity contribution < 1.29 is 19.4 Å². The zero-order chi connectivity index (χ0) is 12.0. The zero-order valence-corrected chi connectivity index (χ0v) is 9.20. The van der Waals surface area contributed by atoms with Gasteiger partial charge in [0.25, 0.3) is 0 Å². The normalized spacial score (nSPS) is 19.1. The molecule has 1 saturated heterocycles. The molecule has 0 aromatic heterocycles. The molecule has 1 heterocycles. The van der Waals surface area contributed by atoms with Crippen LogP contribution in [0.1, 0.15) is 19.3 Å². The highest BCUT2D eigenvalue weighted by Gasteiger charge is 2.40. The quantitative estimate of drug-likeness (QED) is 0.581. The summed E-state index contributed by atoms with van der Waals surface area (Å²) >= 11 is 0. The fourth-order valence-electron chi connectivity index (χ4n) is 1.72. The number of carboxylic acids is 1. The third-order valence-electron chi connectivity index (χ3n) is 2.90. The van der Waals surface area contributed by atoms with Crippen LogP contribution in [0.4, 0.5) is 0 Å². The molecule has 6 nitrogen and oxygen atoms in total. The maximum absolute atomic E-state index is 11.2. The van der Waals surface area contributed by atoms with E-state index in [9.17, 15) is 14.7 Å². The van der Waals surface area contributed by atoms with Crippen LogP contribution in [0.3, 0.4) is 0 Å². The lowest BCUT2D eigenvalue weighted by atomic mass is 9.80. The Bertz CT molecular complexity index is 262. The first kappa shape index (κ1) is 12.9. The first-order valence-electron chi connectivity index (χ1n) is 5.39. The second kappa shape index (κ2) is 5.81. The van der Waals surface area contributed by atoms with Crippen molar-refractivity contribution in [3.8, 4) is 0 Å². The van der Waals surface area contributed by atoms with Gasteiger partial charge in [-0.15, -0.1) is 0 Å². The number of carbonyl (C=O) groups is 2. The Labute approximate surface area is 94.1 Å². The van der Waals surface area contributed by atoms with Crippen molar-refractivity contribution in [2.45, 2.75) is 19.3 Å². The Kier molecular flexibility index (Phi) is 4.70. The Morgan fingerprint density at radius 3 is 2.50 bits per heavy atom. The van der Waals surface area contributed by atoms with Crippen LogP contribution < -0.4 is 11.1 Å². The Balaban J connectivity index is 2.51. The van der Waals surface area contributed by atoms with Crippen LogP contribution in [0.25, 0.3) is 0 Å². The molecule has 0 aromatic rings. The molecule has 6 heteroatoms. The van der Waals surface area contributed by atoms with Crippen molar-refractivity contribution in [1.82, 2.24) is 5.32 Å². The number of ether oxygens (including phenoxy) is 1. The highest BCUT2D eigenvalue weighted by Crippen LogP contribution is 2.29. The summed E-state index contributed by atoms with van der Waals surface area (Å²) in [6, 6.07) is 0. The SMILES string of the molecule is NCCC(=O)NCC1(C(=O)O)CCOCC1. The molecular weight excluding hydrogens is 212 g/mol. The molecule has 0 unspecified atom stereocenters. The van der Waals surface area contributed by atoms with E-state index in [2.05, 4.69) is 5.32 Å². The van der Waals surface area contributed by atoms with Crippen LogP contribution in [0, 0.1) is 5.41 Å². The van der Waals surface area contributed by atoms with Gasteiger partial charge in [0.2, 0.25) is 5.91 Å². The predicted octanol–water partition coefficient (Wildman–Crippen LogP) is -0.667. The van der Waals surface area contributed by atoms with Crippen LogP contribution in [-0.2, 0) is 14.3 Å². The Hall–Kier alpha value is -1.14. The number of carbonyl (C=O) groups excluding carboxylic acids is 1. The summed E-state index contributed by atoms with van der Waals surface area (Å²) in [4.78, 5) is 22.5. The number of nitrogens with one attached hydrogen (secondary N) is 1. The fourth-order valence-corrected chi connectivity index (χ4v) is 1.72. The largest absolute Gasteiger partial charge is 0.481 e. The van der Waals surface area contributed by atoms with Crippen molar-refractivity contribution in [2.75, 3.05) is 26.3 Å². The van der Waals surface area contributed by atoms with Gasteiger partial charge in [0, 0.05) is 32.7 Å². The minimum atomic E-state index is -0.873. The van der Waals surface area contributed by atoms with E-state index in [1.54, 1.807) is 0 Å². The highest BCUT2D eigenvalue weighted by atomic mass is 16.5. The van der Waals surface area contributed by atoms with E-state index in [4.69, 9.17) is 10.5 Å². The molecule has 0 saturated carbocycles. The van der Waals surface area contributed by atoms with Gasteiger partial charge in [-0.3, -0.25) is 9.59 Å². The molecule has 1 amide bonds. The standard InChI is InChI=1S/C10H18N2O4/c11-4-1-8(13)12-7-10(9(14)15)2-5-16-6-3-10/h1-7,11H2,(H,12,13)(H,14,15). The van der Waals surface area contributed by atoms with E-state index in [-0.39, 0.29) is 25.4 Å². The number of carboxylic acid groups (broad SMARTS) is 1. The van der Waals surface area contributed by atoms with Crippen LogP contribution in [0.15, 0.2) is 0 Å². The summed E-state index contributed by atoms with van der Waals surface area (Å²) in [5.74, 6) is -1.07. The van der Waals surface area contributed by atoms with E-state index in [1.165, 1.54) is 0 Å². The summed E-state index contributed by atoms with van der Waals surface area (Å²) in [6.45, 7) is 1.29. The lowest BCUT2D eigenvalue weighted by Crippen LogP contribution is -2.46. The monoisotopic (exact) mass is 230 g/mol. The molecule has 4 N–H and O–H groups in total. The highest BCUT2D eigenvalue weighted by molar-refractivity contribution is 5.79. The van der Waals surface area contributed by atoms with E-state index >= 15 is 0 Å². The second-order valence-corrected chi connectivity index (χ2v) is 4.01. The van der Waals surface area contributed by atoms with Crippen LogP contribution in [-0.4, -0.2) is 43.3 Å². The van der Waals surface area contributed by atoms with Gasteiger partial charge in [-0.2, -0.15) is 0 Å². The molecule has 0 spiro atoms. The van der Waals surface area contributed by atoms with Crippen molar-refractivity contribution in [3.05, 3.63) is 0 Å². The molecule has 0 aliphatic carbocycles. The van der Waals surface area contributed by atoms with Gasteiger partial charge < -0.3 is 20.9 Å². The van der Waals surface area contributed by atoms with E-state index in [1.807, 2.05) is 0 Å². The molecule has 1 aliphatic heterocycles. The van der Waals surface area contributed by atoms with Gasteiger partial charge in [0.1, 0.15) is 0 Å². The smallest absolute Gasteiger partial charge is 0.311 e. The molecule has 0 bridgehead atoms. The maximum atomic E-state index is 11.2. The summed E-state index contributed by atoms with van der Waals surface area (Å²) in [7, 11) is 0. The fraction of sp³-hybridized carbons (Fsp3) is 0.800. The van der Waals surface area contributed by atoms with Gasteiger partial charge in [0.15, 0.2) is 0 Å². The Morgan fingerprint density at radius 2 is 2.00 bits per heavy atom. The maximum Gasteiger partial charge on any atom is 0.311 e. The number of aliphatic carboxylic acids is 1. The van der Waals surface area contributed by atoms with Gasteiger partial charge >= 0.3 is 5.97 Å². The molecule has 0 aromatic carbocycles. The number of nitrogens with two attached hydrogens (primary N) is 1. The topological polar surface area (TPSA) is 102 Å². The minimum absolute atomic E-state index is 0.157. The summed E-state index contributed by atoms with van der Waals surface area (Å²) in [6.07, 6.45) is 1.10. The Morgan fingerprint density at radius 1 is 1.38 bits per heavy atom. The molecule has 16 heavy (non-hydrogen) atoms. The molecule has 1 aliphatic rings. The lowest BCUT2D eigenvalue weighted by Gasteiger charge is -2.33. The second-order valence-electron chi connectivity index (χ2n) is 4.01. The van der Waals surface area contributed by atoms with Crippen molar-refractivity contribution in [1.29, 1.82) is 0 Å².